The normalized spacial score (nSPS) is 17.7. The van der Waals surface area contributed by atoms with Gasteiger partial charge in [-0.1, -0.05) is 42.5 Å². The Labute approximate surface area is 173 Å². The van der Waals surface area contributed by atoms with Crippen LogP contribution in [0.1, 0.15) is 35.1 Å². The van der Waals surface area contributed by atoms with Gasteiger partial charge in [-0.2, -0.15) is 0 Å². The molecule has 0 unspecified atom stereocenters. The molecule has 2 aliphatic rings. The minimum atomic E-state index is 0.733. The highest BCUT2D eigenvalue weighted by Gasteiger charge is 2.21. The fraction of sp³-hybridized carbons (Fsp3) is 0.346. The highest BCUT2D eigenvalue weighted by molar-refractivity contribution is 5.99. The molecule has 0 bridgehead atoms. The molecule has 3 heteroatoms. The topological polar surface area (TPSA) is 19.4 Å². The maximum atomic E-state index is 4.53. The van der Waals surface area contributed by atoms with Crippen LogP contribution in [0.3, 0.4) is 0 Å². The number of aromatic nitrogens is 1. The molecule has 5 rings (SSSR count). The highest BCUT2D eigenvalue weighted by atomic mass is 15.2. The van der Waals surface area contributed by atoms with Gasteiger partial charge in [-0.05, 0) is 80.2 Å². The Kier molecular flexibility index (Phi) is 4.94. The molecule has 2 aromatic carbocycles. The van der Waals surface area contributed by atoms with Crippen LogP contribution in [0, 0.1) is 0 Å². The molecule has 3 nitrogen and oxygen atoms in total. The predicted octanol–water partition coefficient (Wildman–Crippen LogP) is 4.86. The Bertz CT molecular complexity index is 1060. The number of rotatable bonds is 4. The minimum absolute atomic E-state index is 0.733. The molecular formula is C26H29N3. The van der Waals surface area contributed by atoms with E-state index in [4.69, 9.17) is 0 Å². The molecule has 1 fully saturated rings. The third-order valence-corrected chi connectivity index (χ3v) is 6.63. The number of pyridine rings is 1. The molecule has 0 radical (unpaired) electrons. The van der Waals surface area contributed by atoms with Crippen LogP contribution < -0.4 is 0 Å². The summed E-state index contributed by atoms with van der Waals surface area (Å²) in [5, 5.41) is 2.56. The largest absolute Gasteiger partial charge is 0.306 e. The third kappa shape index (κ3) is 3.73. The lowest BCUT2D eigenvalue weighted by molar-refractivity contribution is 0.140. The van der Waals surface area contributed by atoms with Crippen molar-refractivity contribution >= 4 is 22.4 Å². The van der Waals surface area contributed by atoms with Gasteiger partial charge in [0.1, 0.15) is 0 Å². The Balaban J connectivity index is 1.40. The highest BCUT2D eigenvalue weighted by Crippen LogP contribution is 2.35. The Hall–Kier alpha value is -2.49. The van der Waals surface area contributed by atoms with Crippen molar-refractivity contribution in [1.29, 1.82) is 0 Å². The van der Waals surface area contributed by atoms with Gasteiger partial charge < -0.3 is 4.90 Å². The van der Waals surface area contributed by atoms with Gasteiger partial charge in [0, 0.05) is 35.9 Å². The van der Waals surface area contributed by atoms with E-state index in [0.29, 0.717) is 0 Å². The van der Waals surface area contributed by atoms with E-state index >= 15 is 0 Å². The predicted molar refractivity (Wildman–Crippen MR) is 122 cm³/mol. The van der Waals surface area contributed by atoms with E-state index in [0.717, 1.165) is 19.0 Å². The zero-order valence-corrected chi connectivity index (χ0v) is 17.4. The van der Waals surface area contributed by atoms with Crippen molar-refractivity contribution in [1.82, 2.24) is 14.8 Å². The van der Waals surface area contributed by atoms with Crippen molar-refractivity contribution in [3.05, 3.63) is 77.1 Å². The van der Waals surface area contributed by atoms with Crippen LogP contribution in [0.4, 0.5) is 0 Å². The standard InChI is InChI=1S/C26H29N3/c1-28(2)24-9-11-29(12-10-24)18-19-7-8-22-16-27-17-26(25(22)13-19)23-14-20-5-3-4-6-21(20)15-23/h3-8,13-14,16-17,24H,9-12,15,18H2,1-2H3. The van der Waals surface area contributed by atoms with E-state index in [9.17, 15) is 0 Å². The molecule has 2 heterocycles. The van der Waals surface area contributed by atoms with Crippen molar-refractivity contribution in [2.45, 2.75) is 31.8 Å². The van der Waals surface area contributed by atoms with Gasteiger partial charge >= 0.3 is 0 Å². The smallest absolute Gasteiger partial charge is 0.0349 e. The molecule has 1 saturated heterocycles. The Morgan fingerprint density at radius 1 is 1.03 bits per heavy atom. The maximum Gasteiger partial charge on any atom is 0.0349 e. The molecule has 29 heavy (non-hydrogen) atoms. The summed E-state index contributed by atoms with van der Waals surface area (Å²) < 4.78 is 0. The molecule has 1 aliphatic heterocycles. The second-order valence-electron chi connectivity index (χ2n) is 8.76. The SMILES string of the molecule is CN(C)C1CCN(Cc2ccc3cncc(C4=Cc5ccccc5C4)c3c2)CC1. The van der Waals surface area contributed by atoms with Crippen molar-refractivity contribution in [3.8, 4) is 0 Å². The number of piperidine rings is 1. The molecule has 0 amide bonds. The number of hydrogen-bond acceptors (Lipinski definition) is 3. The summed E-state index contributed by atoms with van der Waals surface area (Å²) in [5.74, 6) is 0. The van der Waals surface area contributed by atoms with Crippen LogP contribution in [0.2, 0.25) is 0 Å². The van der Waals surface area contributed by atoms with E-state index in [2.05, 4.69) is 77.4 Å². The number of allylic oxidation sites excluding steroid dienone is 1. The lowest BCUT2D eigenvalue weighted by atomic mass is 9.97. The molecule has 1 aliphatic carbocycles. The van der Waals surface area contributed by atoms with Crippen molar-refractivity contribution < 1.29 is 0 Å². The summed E-state index contributed by atoms with van der Waals surface area (Å²) in [6.07, 6.45) is 9.91. The van der Waals surface area contributed by atoms with Crippen LogP contribution >= 0.6 is 0 Å². The average molecular weight is 384 g/mol. The molecule has 0 saturated carbocycles. The Morgan fingerprint density at radius 2 is 1.86 bits per heavy atom. The quantitative estimate of drug-likeness (QED) is 0.641. The lowest BCUT2D eigenvalue weighted by Gasteiger charge is -2.35. The van der Waals surface area contributed by atoms with Gasteiger partial charge in [0.15, 0.2) is 0 Å². The minimum Gasteiger partial charge on any atom is -0.306 e. The summed E-state index contributed by atoms with van der Waals surface area (Å²) in [4.78, 5) is 9.51. The van der Waals surface area contributed by atoms with E-state index in [1.807, 2.05) is 12.4 Å². The van der Waals surface area contributed by atoms with E-state index in [1.54, 1.807) is 0 Å². The number of hydrogen-bond donors (Lipinski definition) is 0. The average Bonchev–Trinajstić information content (AvgIpc) is 3.18. The summed E-state index contributed by atoms with van der Waals surface area (Å²) in [5.41, 5.74) is 6.84. The first-order chi connectivity index (χ1) is 14.2. The summed E-state index contributed by atoms with van der Waals surface area (Å²) >= 11 is 0. The van der Waals surface area contributed by atoms with Gasteiger partial charge in [-0.25, -0.2) is 0 Å². The van der Waals surface area contributed by atoms with Crippen LogP contribution in [0.5, 0.6) is 0 Å². The van der Waals surface area contributed by atoms with Crippen LogP contribution in [-0.2, 0) is 13.0 Å². The fourth-order valence-corrected chi connectivity index (χ4v) is 4.87. The fourth-order valence-electron chi connectivity index (χ4n) is 4.87. The summed E-state index contributed by atoms with van der Waals surface area (Å²) in [6, 6.07) is 16.4. The van der Waals surface area contributed by atoms with Crippen molar-refractivity contribution in [3.63, 3.8) is 0 Å². The van der Waals surface area contributed by atoms with E-state index < -0.39 is 0 Å². The molecule has 3 aromatic rings. The Morgan fingerprint density at radius 3 is 2.66 bits per heavy atom. The summed E-state index contributed by atoms with van der Waals surface area (Å²) in [7, 11) is 4.41. The van der Waals surface area contributed by atoms with Gasteiger partial charge in [-0.3, -0.25) is 9.88 Å². The van der Waals surface area contributed by atoms with E-state index in [-0.39, 0.29) is 0 Å². The van der Waals surface area contributed by atoms with Gasteiger partial charge in [0.05, 0.1) is 0 Å². The summed E-state index contributed by atoms with van der Waals surface area (Å²) in [6.45, 7) is 3.41. The number of fused-ring (bicyclic) bond motifs is 2. The molecule has 1 aromatic heterocycles. The third-order valence-electron chi connectivity index (χ3n) is 6.63. The number of likely N-dealkylation sites (tertiary alicyclic amines) is 1. The molecule has 148 valence electrons. The maximum absolute atomic E-state index is 4.53. The lowest BCUT2D eigenvalue weighted by Crippen LogP contribution is -2.41. The van der Waals surface area contributed by atoms with E-state index in [1.165, 1.54) is 64.5 Å². The molecule has 0 N–H and O–H groups in total. The molecule has 0 atom stereocenters. The van der Waals surface area contributed by atoms with Crippen LogP contribution in [0.15, 0.2) is 54.9 Å². The van der Waals surface area contributed by atoms with Crippen molar-refractivity contribution in [2.75, 3.05) is 27.2 Å². The first-order valence-electron chi connectivity index (χ1n) is 10.7. The monoisotopic (exact) mass is 383 g/mol. The number of benzene rings is 2. The van der Waals surface area contributed by atoms with Gasteiger partial charge in [0.25, 0.3) is 0 Å². The zero-order chi connectivity index (χ0) is 19.8. The first-order valence-corrected chi connectivity index (χ1v) is 10.7. The van der Waals surface area contributed by atoms with Crippen LogP contribution in [0.25, 0.3) is 22.4 Å². The number of nitrogens with zero attached hydrogens (tertiary/aromatic N) is 3. The molecular weight excluding hydrogens is 354 g/mol. The van der Waals surface area contributed by atoms with Crippen LogP contribution in [-0.4, -0.2) is 48.0 Å². The van der Waals surface area contributed by atoms with Crippen molar-refractivity contribution in [2.24, 2.45) is 0 Å². The zero-order valence-electron chi connectivity index (χ0n) is 17.4. The van der Waals surface area contributed by atoms with Gasteiger partial charge in [-0.15, -0.1) is 0 Å². The molecule has 0 spiro atoms. The first kappa shape index (κ1) is 18.5. The second-order valence-corrected chi connectivity index (χ2v) is 8.76. The van der Waals surface area contributed by atoms with Gasteiger partial charge in [0.2, 0.25) is 0 Å². The second kappa shape index (κ2) is 7.74.